The Kier molecular flexibility index (Phi) is 6.61. The van der Waals surface area contributed by atoms with Gasteiger partial charge in [0.05, 0.1) is 12.8 Å². The third-order valence-electron chi connectivity index (χ3n) is 4.75. The lowest BCUT2D eigenvalue weighted by atomic mass is 10.1. The zero-order chi connectivity index (χ0) is 19.9. The number of hydrogen-bond acceptors (Lipinski definition) is 5. The minimum atomic E-state index is 0.737. The molecule has 1 aromatic heterocycles. The summed E-state index contributed by atoms with van der Waals surface area (Å²) in [5.74, 6) is 2.42. The van der Waals surface area contributed by atoms with E-state index in [0.29, 0.717) is 0 Å². The van der Waals surface area contributed by atoms with Crippen molar-refractivity contribution in [3.05, 3.63) is 66.0 Å². The van der Waals surface area contributed by atoms with Gasteiger partial charge >= 0.3 is 0 Å². The second kappa shape index (κ2) is 9.33. The Labute approximate surface area is 167 Å². The lowest BCUT2D eigenvalue weighted by Crippen LogP contribution is -2.22. The molecule has 0 atom stereocenters. The molecular formula is C23H28N4O. The van der Waals surface area contributed by atoms with E-state index in [0.717, 1.165) is 59.5 Å². The Hall–Kier alpha value is -2.92. The fourth-order valence-corrected chi connectivity index (χ4v) is 3.20. The van der Waals surface area contributed by atoms with E-state index in [1.165, 1.54) is 0 Å². The minimum Gasteiger partial charge on any atom is -0.496 e. The van der Waals surface area contributed by atoms with Crippen LogP contribution in [0, 0.1) is 6.92 Å². The van der Waals surface area contributed by atoms with Crippen molar-refractivity contribution in [3.63, 3.8) is 0 Å². The van der Waals surface area contributed by atoms with Crippen LogP contribution in [0.4, 0.5) is 11.5 Å². The first kappa shape index (κ1) is 19.8. The van der Waals surface area contributed by atoms with Gasteiger partial charge in [-0.3, -0.25) is 4.90 Å². The molecule has 0 aliphatic heterocycles. The summed E-state index contributed by atoms with van der Waals surface area (Å²) in [6, 6.07) is 18.3. The molecule has 0 amide bonds. The summed E-state index contributed by atoms with van der Waals surface area (Å²) < 4.78 is 5.56. The van der Waals surface area contributed by atoms with Crippen LogP contribution in [-0.4, -0.2) is 35.1 Å². The zero-order valence-electron chi connectivity index (χ0n) is 17.1. The van der Waals surface area contributed by atoms with Crippen LogP contribution in [0.3, 0.4) is 0 Å². The molecule has 0 aliphatic rings. The van der Waals surface area contributed by atoms with Crippen molar-refractivity contribution in [1.82, 2.24) is 14.9 Å². The quantitative estimate of drug-likeness (QED) is 0.596. The van der Waals surface area contributed by atoms with Crippen molar-refractivity contribution < 1.29 is 4.74 Å². The smallest absolute Gasteiger partial charge is 0.134 e. The number of benzene rings is 2. The van der Waals surface area contributed by atoms with Gasteiger partial charge in [-0.15, -0.1) is 0 Å². The summed E-state index contributed by atoms with van der Waals surface area (Å²) in [5.41, 5.74) is 4.13. The number of nitrogens with zero attached hydrogens (tertiary/aromatic N) is 3. The van der Waals surface area contributed by atoms with Gasteiger partial charge in [0.25, 0.3) is 0 Å². The Morgan fingerprint density at radius 1 is 0.964 bits per heavy atom. The van der Waals surface area contributed by atoms with Gasteiger partial charge in [-0.25, -0.2) is 9.97 Å². The van der Waals surface area contributed by atoms with Gasteiger partial charge in [0.1, 0.15) is 17.4 Å². The molecule has 146 valence electrons. The number of anilines is 2. The second-order valence-electron chi connectivity index (χ2n) is 6.66. The Bertz CT molecular complexity index is 908. The van der Waals surface area contributed by atoms with Crippen LogP contribution in [0.2, 0.25) is 0 Å². The van der Waals surface area contributed by atoms with Crippen molar-refractivity contribution in [3.8, 4) is 17.0 Å². The van der Waals surface area contributed by atoms with Gasteiger partial charge in [0, 0.05) is 29.4 Å². The lowest BCUT2D eigenvalue weighted by Gasteiger charge is -2.20. The molecule has 0 saturated heterocycles. The van der Waals surface area contributed by atoms with E-state index in [2.05, 4.69) is 52.2 Å². The first-order chi connectivity index (χ1) is 13.6. The molecule has 0 saturated carbocycles. The molecule has 1 N–H and O–H groups in total. The molecule has 0 fully saturated rings. The number of aryl methyl sites for hydroxylation is 1. The molecule has 3 rings (SSSR count). The maximum absolute atomic E-state index is 5.56. The van der Waals surface area contributed by atoms with E-state index in [1.807, 2.05) is 43.3 Å². The van der Waals surface area contributed by atoms with Gasteiger partial charge in [0.2, 0.25) is 0 Å². The van der Waals surface area contributed by atoms with E-state index < -0.39 is 0 Å². The van der Waals surface area contributed by atoms with E-state index in [9.17, 15) is 0 Å². The van der Waals surface area contributed by atoms with E-state index >= 15 is 0 Å². The number of aromatic nitrogens is 2. The van der Waals surface area contributed by atoms with Gasteiger partial charge in [-0.2, -0.15) is 0 Å². The molecule has 0 radical (unpaired) electrons. The number of hydrogen-bond donors (Lipinski definition) is 1. The SMILES string of the molecule is CCN(CC)Cc1cc(Nc2cc(-c3ccccc3)nc(C)n2)ccc1OC. The first-order valence-electron chi connectivity index (χ1n) is 9.70. The first-order valence-corrected chi connectivity index (χ1v) is 9.70. The van der Waals surface area contributed by atoms with Crippen LogP contribution in [0.15, 0.2) is 54.6 Å². The fraction of sp³-hybridized carbons (Fsp3) is 0.304. The summed E-state index contributed by atoms with van der Waals surface area (Å²) in [6.45, 7) is 9.12. The molecule has 5 nitrogen and oxygen atoms in total. The van der Waals surface area contributed by atoms with Crippen molar-refractivity contribution in [2.24, 2.45) is 0 Å². The Balaban J connectivity index is 1.88. The van der Waals surface area contributed by atoms with Crippen molar-refractivity contribution >= 4 is 11.5 Å². The summed E-state index contributed by atoms with van der Waals surface area (Å²) in [6.07, 6.45) is 0. The van der Waals surface area contributed by atoms with E-state index in [1.54, 1.807) is 7.11 Å². The number of ether oxygens (including phenoxy) is 1. The number of methoxy groups -OCH3 is 1. The third-order valence-corrected chi connectivity index (χ3v) is 4.75. The average molecular weight is 377 g/mol. The third kappa shape index (κ3) is 4.87. The number of nitrogens with one attached hydrogen (secondary N) is 1. The maximum Gasteiger partial charge on any atom is 0.134 e. The van der Waals surface area contributed by atoms with Crippen LogP contribution >= 0.6 is 0 Å². The standard InChI is InChI=1S/C23H28N4O/c1-5-27(6-2)16-19-14-20(12-13-22(19)28-4)26-23-15-21(24-17(3)25-23)18-10-8-7-9-11-18/h7-15H,5-6,16H2,1-4H3,(H,24,25,26). The molecule has 0 aliphatic carbocycles. The van der Waals surface area contributed by atoms with Crippen LogP contribution in [0.1, 0.15) is 25.2 Å². The normalized spacial score (nSPS) is 10.9. The van der Waals surface area contributed by atoms with Crippen LogP contribution < -0.4 is 10.1 Å². The zero-order valence-corrected chi connectivity index (χ0v) is 17.1. The fourth-order valence-electron chi connectivity index (χ4n) is 3.20. The molecule has 2 aromatic carbocycles. The topological polar surface area (TPSA) is 50.3 Å². The lowest BCUT2D eigenvalue weighted by molar-refractivity contribution is 0.289. The van der Waals surface area contributed by atoms with Gasteiger partial charge in [0.15, 0.2) is 0 Å². The molecule has 1 heterocycles. The monoisotopic (exact) mass is 376 g/mol. The molecule has 28 heavy (non-hydrogen) atoms. The molecular weight excluding hydrogens is 348 g/mol. The van der Waals surface area contributed by atoms with Gasteiger partial charge < -0.3 is 10.1 Å². The summed E-state index contributed by atoms with van der Waals surface area (Å²) in [5, 5.41) is 3.43. The van der Waals surface area contributed by atoms with E-state index in [4.69, 9.17) is 4.74 Å². The molecule has 0 unspecified atom stereocenters. The Morgan fingerprint density at radius 3 is 2.39 bits per heavy atom. The second-order valence-corrected chi connectivity index (χ2v) is 6.66. The van der Waals surface area contributed by atoms with Crippen LogP contribution in [0.25, 0.3) is 11.3 Å². The highest BCUT2D eigenvalue weighted by atomic mass is 16.5. The molecule has 5 heteroatoms. The Morgan fingerprint density at radius 2 is 1.71 bits per heavy atom. The maximum atomic E-state index is 5.56. The van der Waals surface area contributed by atoms with Crippen molar-refractivity contribution in [2.75, 3.05) is 25.5 Å². The number of rotatable bonds is 8. The average Bonchev–Trinajstić information content (AvgIpc) is 2.72. The molecule has 0 spiro atoms. The predicted molar refractivity (Wildman–Crippen MR) is 115 cm³/mol. The van der Waals surface area contributed by atoms with Gasteiger partial charge in [-0.1, -0.05) is 44.2 Å². The molecule has 3 aromatic rings. The summed E-state index contributed by atoms with van der Waals surface area (Å²) in [4.78, 5) is 11.5. The van der Waals surface area contributed by atoms with Crippen LogP contribution in [0.5, 0.6) is 5.75 Å². The molecule has 0 bridgehead atoms. The highest BCUT2D eigenvalue weighted by Crippen LogP contribution is 2.27. The van der Waals surface area contributed by atoms with Crippen molar-refractivity contribution in [1.29, 1.82) is 0 Å². The highest BCUT2D eigenvalue weighted by molar-refractivity contribution is 5.66. The van der Waals surface area contributed by atoms with Crippen molar-refractivity contribution in [2.45, 2.75) is 27.3 Å². The van der Waals surface area contributed by atoms with Crippen LogP contribution in [-0.2, 0) is 6.54 Å². The minimum absolute atomic E-state index is 0.737. The van der Waals surface area contributed by atoms with Gasteiger partial charge in [-0.05, 0) is 38.2 Å². The van der Waals surface area contributed by atoms with E-state index in [-0.39, 0.29) is 0 Å². The highest BCUT2D eigenvalue weighted by Gasteiger charge is 2.10. The summed E-state index contributed by atoms with van der Waals surface area (Å²) in [7, 11) is 1.72. The predicted octanol–water partition coefficient (Wildman–Crippen LogP) is 5.05. The summed E-state index contributed by atoms with van der Waals surface area (Å²) >= 11 is 0. The largest absolute Gasteiger partial charge is 0.496 e.